The fourth-order valence-corrected chi connectivity index (χ4v) is 2.84. The van der Waals surface area contributed by atoms with Crippen LogP contribution in [-0.4, -0.2) is 13.1 Å². The monoisotopic (exact) mass is 275 g/mol. The van der Waals surface area contributed by atoms with Crippen molar-refractivity contribution in [3.05, 3.63) is 78.4 Å². The summed E-state index contributed by atoms with van der Waals surface area (Å²) in [7, 11) is 0. The molecule has 0 aliphatic carbocycles. The summed E-state index contributed by atoms with van der Waals surface area (Å²) in [6, 6.07) is 25.9. The van der Waals surface area contributed by atoms with Gasteiger partial charge in [0.15, 0.2) is 0 Å². The van der Waals surface area contributed by atoms with Gasteiger partial charge in [0.1, 0.15) is 0 Å². The Bertz CT molecular complexity index is 698. The summed E-state index contributed by atoms with van der Waals surface area (Å²) in [5.74, 6) is 0. The van der Waals surface area contributed by atoms with E-state index >= 15 is 0 Å². The number of likely N-dealkylation sites (N-methyl/N-ethyl adjacent to an activating group) is 1. The predicted octanol–water partition coefficient (Wildman–Crippen LogP) is 4.91. The minimum Gasteiger partial charge on any atom is -0.371 e. The Kier molecular flexibility index (Phi) is 4.20. The minimum absolute atomic E-state index is 1.03. The van der Waals surface area contributed by atoms with Crippen LogP contribution < -0.4 is 4.90 Å². The van der Waals surface area contributed by atoms with Crippen molar-refractivity contribution in [3.63, 3.8) is 0 Å². The minimum atomic E-state index is 1.03. The molecule has 1 nitrogen and oxygen atoms in total. The number of hydrogen-bond donors (Lipinski definition) is 0. The Labute approximate surface area is 126 Å². The maximum atomic E-state index is 2.47. The predicted molar refractivity (Wildman–Crippen MR) is 92.0 cm³/mol. The Morgan fingerprint density at radius 3 is 2.29 bits per heavy atom. The first-order valence-corrected chi connectivity index (χ1v) is 7.65. The largest absolute Gasteiger partial charge is 0.371 e. The molecule has 0 atom stereocenters. The maximum absolute atomic E-state index is 2.47. The van der Waals surface area contributed by atoms with E-state index in [1.54, 1.807) is 0 Å². The summed E-state index contributed by atoms with van der Waals surface area (Å²) in [6.07, 6.45) is 1.08. The van der Waals surface area contributed by atoms with Crippen molar-refractivity contribution < 1.29 is 0 Å². The van der Waals surface area contributed by atoms with E-state index in [-0.39, 0.29) is 0 Å². The van der Waals surface area contributed by atoms with Crippen LogP contribution in [0.25, 0.3) is 10.8 Å². The third-order valence-corrected chi connectivity index (χ3v) is 4.00. The summed E-state index contributed by atoms with van der Waals surface area (Å²) < 4.78 is 0. The first kappa shape index (κ1) is 13.7. The highest BCUT2D eigenvalue weighted by molar-refractivity contribution is 5.94. The molecule has 3 rings (SSSR count). The molecule has 0 fully saturated rings. The molecule has 0 radical (unpaired) electrons. The molecular formula is C20H21N. The van der Waals surface area contributed by atoms with Crippen LogP contribution in [0.1, 0.15) is 12.5 Å². The smallest absolute Gasteiger partial charge is 0.0445 e. The van der Waals surface area contributed by atoms with Crippen LogP contribution in [0.2, 0.25) is 0 Å². The Hall–Kier alpha value is -2.28. The van der Waals surface area contributed by atoms with E-state index in [4.69, 9.17) is 0 Å². The van der Waals surface area contributed by atoms with E-state index < -0.39 is 0 Å². The van der Waals surface area contributed by atoms with Gasteiger partial charge < -0.3 is 4.90 Å². The Morgan fingerprint density at radius 2 is 1.48 bits per heavy atom. The molecule has 21 heavy (non-hydrogen) atoms. The molecule has 106 valence electrons. The number of fused-ring (bicyclic) bond motifs is 1. The van der Waals surface area contributed by atoms with Gasteiger partial charge in [0.25, 0.3) is 0 Å². The van der Waals surface area contributed by atoms with Crippen LogP contribution in [0.5, 0.6) is 0 Å². The molecule has 0 saturated heterocycles. The van der Waals surface area contributed by atoms with E-state index in [9.17, 15) is 0 Å². The molecule has 0 aliphatic heterocycles. The van der Waals surface area contributed by atoms with Crippen molar-refractivity contribution in [1.82, 2.24) is 0 Å². The summed E-state index contributed by atoms with van der Waals surface area (Å²) in [5, 5.41) is 2.66. The van der Waals surface area contributed by atoms with Gasteiger partial charge in [-0.3, -0.25) is 0 Å². The van der Waals surface area contributed by atoms with E-state index in [0.717, 1.165) is 19.5 Å². The SMILES string of the molecule is CCN(CCc1ccccc1)c1cccc2ccccc12. The van der Waals surface area contributed by atoms with Crippen molar-refractivity contribution in [1.29, 1.82) is 0 Å². The normalized spacial score (nSPS) is 10.7. The lowest BCUT2D eigenvalue weighted by Crippen LogP contribution is -2.25. The Balaban J connectivity index is 1.85. The zero-order valence-corrected chi connectivity index (χ0v) is 12.5. The molecule has 3 aromatic rings. The average molecular weight is 275 g/mol. The number of anilines is 1. The first-order chi connectivity index (χ1) is 10.4. The summed E-state index contributed by atoms with van der Waals surface area (Å²) in [6.45, 7) is 4.31. The molecule has 0 spiro atoms. The zero-order chi connectivity index (χ0) is 14.5. The van der Waals surface area contributed by atoms with Gasteiger partial charge in [0.05, 0.1) is 0 Å². The van der Waals surface area contributed by atoms with Crippen LogP contribution in [0.4, 0.5) is 5.69 Å². The van der Waals surface area contributed by atoms with Crippen molar-refractivity contribution in [2.45, 2.75) is 13.3 Å². The highest BCUT2D eigenvalue weighted by Gasteiger charge is 2.08. The van der Waals surface area contributed by atoms with Crippen LogP contribution >= 0.6 is 0 Å². The van der Waals surface area contributed by atoms with Crippen LogP contribution in [0, 0.1) is 0 Å². The molecule has 3 aromatic carbocycles. The van der Waals surface area contributed by atoms with E-state index in [0.29, 0.717) is 0 Å². The lowest BCUT2D eigenvalue weighted by molar-refractivity contribution is 0.812. The Morgan fingerprint density at radius 1 is 0.762 bits per heavy atom. The van der Waals surface area contributed by atoms with Crippen molar-refractivity contribution in [2.75, 3.05) is 18.0 Å². The van der Waals surface area contributed by atoms with Gasteiger partial charge in [-0.1, -0.05) is 66.7 Å². The zero-order valence-electron chi connectivity index (χ0n) is 12.5. The molecule has 0 aromatic heterocycles. The molecule has 0 N–H and O–H groups in total. The van der Waals surface area contributed by atoms with E-state index in [1.165, 1.54) is 22.0 Å². The second-order valence-corrected chi connectivity index (χ2v) is 5.31. The second-order valence-electron chi connectivity index (χ2n) is 5.31. The summed E-state index contributed by atoms with van der Waals surface area (Å²) in [5.41, 5.74) is 2.74. The third kappa shape index (κ3) is 3.08. The van der Waals surface area contributed by atoms with Crippen LogP contribution in [0.3, 0.4) is 0 Å². The topological polar surface area (TPSA) is 3.24 Å². The van der Waals surface area contributed by atoms with Gasteiger partial charge in [-0.05, 0) is 30.4 Å². The van der Waals surface area contributed by atoms with Crippen molar-refractivity contribution in [3.8, 4) is 0 Å². The number of benzene rings is 3. The van der Waals surface area contributed by atoms with Crippen LogP contribution in [-0.2, 0) is 6.42 Å². The highest BCUT2D eigenvalue weighted by Crippen LogP contribution is 2.26. The lowest BCUT2D eigenvalue weighted by atomic mass is 10.1. The van der Waals surface area contributed by atoms with Crippen molar-refractivity contribution >= 4 is 16.5 Å². The first-order valence-electron chi connectivity index (χ1n) is 7.65. The molecule has 0 aliphatic rings. The molecule has 0 saturated carbocycles. The number of hydrogen-bond acceptors (Lipinski definition) is 1. The van der Waals surface area contributed by atoms with Gasteiger partial charge in [-0.25, -0.2) is 0 Å². The fraction of sp³-hybridized carbons (Fsp3) is 0.200. The fourth-order valence-electron chi connectivity index (χ4n) is 2.84. The standard InChI is InChI=1S/C20H21N/c1-2-21(16-15-17-9-4-3-5-10-17)20-14-8-12-18-11-6-7-13-19(18)20/h3-14H,2,15-16H2,1H3. The van der Waals surface area contributed by atoms with Gasteiger partial charge in [-0.2, -0.15) is 0 Å². The van der Waals surface area contributed by atoms with Crippen molar-refractivity contribution in [2.24, 2.45) is 0 Å². The van der Waals surface area contributed by atoms with Gasteiger partial charge in [0.2, 0.25) is 0 Å². The molecule has 0 unspecified atom stereocenters. The summed E-state index contributed by atoms with van der Waals surface area (Å²) >= 11 is 0. The number of rotatable bonds is 5. The summed E-state index contributed by atoms with van der Waals surface area (Å²) in [4.78, 5) is 2.47. The third-order valence-electron chi connectivity index (χ3n) is 4.00. The number of nitrogens with zero attached hydrogens (tertiary/aromatic N) is 1. The quantitative estimate of drug-likeness (QED) is 0.639. The van der Waals surface area contributed by atoms with E-state index in [2.05, 4.69) is 84.6 Å². The molecule has 0 amide bonds. The lowest BCUT2D eigenvalue weighted by Gasteiger charge is -2.25. The van der Waals surface area contributed by atoms with Gasteiger partial charge >= 0.3 is 0 Å². The molecule has 0 heterocycles. The maximum Gasteiger partial charge on any atom is 0.0445 e. The second kappa shape index (κ2) is 6.45. The van der Waals surface area contributed by atoms with E-state index in [1.807, 2.05) is 0 Å². The van der Waals surface area contributed by atoms with Gasteiger partial charge in [-0.15, -0.1) is 0 Å². The molecule has 1 heteroatoms. The highest BCUT2D eigenvalue weighted by atomic mass is 15.1. The average Bonchev–Trinajstić information content (AvgIpc) is 2.56. The van der Waals surface area contributed by atoms with Crippen LogP contribution in [0.15, 0.2) is 72.8 Å². The van der Waals surface area contributed by atoms with Gasteiger partial charge in [0, 0.05) is 24.2 Å². The molecular weight excluding hydrogens is 254 g/mol. The molecule has 0 bridgehead atoms.